The van der Waals surface area contributed by atoms with Gasteiger partial charge in [-0.25, -0.2) is 8.78 Å². The van der Waals surface area contributed by atoms with Crippen LogP contribution >= 0.6 is 0 Å². The lowest BCUT2D eigenvalue weighted by atomic mass is 10.1. The fourth-order valence-electron chi connectivity index (χ4n) is 2.66. The average Bonchev–Trinajstić information content (AvgIpc) is 2.94. The highest BCUT2D eigenvalue weighted by molar-refractivity contribution is 5.94. The molecule has 0 aromatic heterocycles. The van der Waals surface area contributed by atoms with Crippen molar-refractivity contribution in [3.63, 3.8) is 0 Å². The van der Waals surface area contributed by atoms with Gasteiger partial charge in [0.25, 0.3) is 5.91 Å². The molecule has 116 valence electrons. The molecule has 0 saturated carbocycles. The molecule has 1 saturated heterocycles. The van der Waals surface area contributed by atoms with Crippen LogP contribution in [0.15, 0.2) is 18.2 Å². The number of nitrogens with one attached hydrogen (secondary N) is 1. The quantitative estimate of drug-likeness (QED) is 0.875. The van der Waals surface area contributed by atoms with Crippen molar-refractivity contribution < 1.29 is 13.6 Å². The highest BCUT2D eigenvalue weighted by Gasteiger charge is 2.22. The van der Waals surface area contributed by atoms with Crippen LogP contribution in [0.2, 0.25) is 0 Å². The summed E-state index contributed by atoms with van der Waals surface area (Å²) in [6.07, 6.45) is 4.00. The van der Waals surface area contributed by atoms with Gasteiger partial charge in [-0.1, -0.05) is 13.3 Å². The number of carbonyl (C=O) groups excluding carboxylic acids is 1. The Hall–Kier alpha value is -1.49. The number of hydrogen-bond acceptors (Lipinski definition) is 2. The fourth-order valence-corrected chi connectivity index (χ4v) is 2.66. The van der Waals surface area contributed by atoms with E-state index in [1.54, 1.807) is 4.90 Å². The van der Waals surface area contributed by atoms with Gasteiger partial charge in [0.1, 0.15) is 11.6 Å². The van der Waals surface area contributed by atoms with E-state index in [1.807, 2.05) is 0 Å². The molecule has 1 aromatic carbocycles. The number of amides is 1. The first-order valence-corrected chi connectivity index (χ1v) is 7.59. The van der Waals surface area contributed by atoms with Crippen molar-refractivity contribution in [2.75, 3.05) is 19.6 Å². The minimum absolute atomic E-state index is 0.0848. The molecule has 1 fully saturated rings. The summed E-state index contributed by atoms with van der Waals surface area (Å²) < 4.78 is 26.6. The summed E-state index contributed by atoms with van der Waals surface area (Å²) in [4.78, 5) is 14.2. The molecule has 1 atom stereocenters. The van der Waals surface area contributed by atoms with Gasteiger partial charge in [-0.3, -0.25) is 4.79 Å². The van der Waals surface area contributed by atoms with Crippen molar-refractivity contribution in [2.45, 2.75) is 38.6 Å². The van der Waals surface area contributed by atoms with Crippen LogP contribution in [0.1, 0.15) is 43.0 Å². The standard InChI is InChI=1S/C16H22F2N2O/c1-2-3-7-20(11-15-5-4-6-19-15)16(21)12-8-13(17)10-14(18)9-12/h8-10,15,19H,2-7,11H2,1H3. The van der Waals surface area contributed by atoms with Crippen molar-refractivity contribution in [2.24, 2.45) is 0 Å². The predicted molar refractivity (Wildman–Crippen MR) is 78.2 cm³/mol. The van der Waals surface area contributed by atoms with Crippen molar-refractivity contribution >= 4 is 5.91 Å². The molecule has 1 heterocycles. The van der Waals surface area contributed by atoms with E-state index in [2.05, 4.69) is 12.2 Å². The van der Waals surface area contributed by atoms with Crippen molar-refractivity contribution in [3.05, 3.63) is 35.4 Å². The monoisotopic (exact) mass is 296 g/mol. The zero-order chi connectivity index (χ0) is 15.2. The molecule has 3 nitrogen and oxygen atoms in total. The van der Waals surface area contributed by atoms with Gasteiger partial charge >= 0.3 is 0 Å². The predicted octanol–water partition coefficient (Wildman–Crippen LogP) is 2.96. The van der Waals surface area contributed by atoms with Crippen LogP contribution in [0.4, 0.5) is 8.78 Å². The molecule has 0 spiro atoms. The first-order chi connectivity index (χ1) is 10.1. The Bertz CT molecular complexity index is 467. The van der Waals surface area contributed by atoms with Crippen LogP contribution in [0.5, 0.6) is 0 Å². The third-order valence-corrected chi connectivity index (χ3v) is 3.78. The molecule has 1 unspecified atom stereocenters. The van der Waals surface area contributed by atoms with Gasteiger partial charge in [0.05, 0.1) is 0 Å². The molecule has 1 aromatic rings. The van der Waals surface area contributed by atoms with Crippen molar-refractivity contribution in [1.29, 1.82) is 0 Å². The normalized spacial score (nSPS) is 18.0. The highest BCUT2D eigenvalue weighted by Crippen LogP contribution is 2.14. The lowest BCUT2D eigenvalue weighted by Crippen LogP contribution is -2.41. The molecular formula is C16H22F2N2O. The van der Waals surface area contributed by atoms with Crippen molar-refractivity contribution in [1.82, 2.24) is 10.2 Å². The third kappa shape index (κ3) is 4.49. The minimum Gasteiger partial charge on any atom is -0.337 e. The zero-order valence-electron chi connectivity index (χ0n) is 12.4. The first-order valence-electron chi connectivity index (χ1n) is 7.59. The van der Waals surface area contributed by atoms with Gasteiger partial charge in [-0.05, 0) is 37.9 Å². The zero-order valence-corrected chi connectivity index (χ0v) is 12.4. The van der Waals surface area contributed by atoms with E-state index in [1.165, 1.54) is 0 Å². The van der Waals surface area contributed by atoms with Crippen LogP contribution in [0, 0.1) is 11.6 Å². The summed E-state index contributed by atoms with van der Waals surface area (Å²) in [6, 6.07) is 3.27. The number of hydrogen-bond donors (Lipinski definition) is 1. The van der Waals surface area contributed by atoms with Gasteiger partial charge in [0.15, 0.2) is 0 Å². The maximum Gasteiger partial charge on any atom is 0.254 e. The van der Waals surface area contributed by atoms with Crippen LogP contribution in [-0.4, -0.2) is 36.5 Å². The smallest absolute Gasteiger partial charge is 0.254 e. The van der Waals surface area contributed by atoms with Crippen LogP contribution in [-0.2, 0) is 0 Å². The van der Waals surface area contributed by atoms with Gasteiger partial charge in [0, 0.05) is 30.8 Å². The van der Waals surface area contributed by atoms with Gasteiger partial charge in [0.2, 0.25) is 0 Å². The van der Waals surface area contributed by atoms with E-state index in [0.29, 0.717) is 13.1 Å². The molecule has 1 aliphatic heterocycles. The third-order valence-electron chi connectivity index (χ3n) is 3.78. The Labute approximate surface area is 124 Å². The molecule has 0 aliphatic carbocycles. The van der Waals surface area contributed by atoms with E-state index in [-0.39, 0.29) is 17.5 Å². The molecule has 1 amide bonds. The SMILES string of the molecule is CCCCN(CC1CCCN1)C(=O)c1cc(F)cc(F)c1. The Morgan fingerprint density at radius 1 is 1.33 bits per heavy atom. The molecular weight excluding hydrogens is 274 g/mol. The maximum atomic E-state index is 13.3. The molecule has 1 N–H and O–H groups in total. The number of unbranched alkanes of at least 4 members (excludes halogenated alkanes) is 1. The van der Waals surface area contributed by atoms with Crippen LogP contribution in [0.3, 0.4) is 0 Å². The topological polar surface area (TPSA) is 32.3 Å². The summed E-state index contributed by atoms with van der Waals surface area (Å²) >= 11 is 0. The number of halogens is 2. The first kappa shape index (κ1) is 15.9. The van der Waals surface area contributed by atoms with E-state index >= 15 is 0 Å². The number of benzene rings is 1. The summed E-state index contributed by atoms with van der Waals surface area (Å²) in [5.74, 6) is -1.73. The van der Waals surface area contributed by atoms with Gasteiger partial charge in [-0.2, -0.15) is 0 Å². The lowest BCUT2D eigenvalue weighted by Gasteiger charge is -2.26. The molecule has 5 heteroatoms. The molecule has 0 bridgehead atoms. The van der Waals surface area contributed by atoms with E-state index < -0.39 is 11.6 Å². The second-order valence-corrected chi connectivity index (χ2v) is 5.56. The number of carbonyl (C=O) groups is 1. The number of nitrogens with zero attached hydrogens (tertiary/aromatic N) is 1. The summed E-state index contributed by atoms with van der Waals surface area (Å²) in [5, 5.41) is 3.35. The van der Waals surface area contributed by atoms with Crippen LogP contribution in [0.25, 0.3) is 0 Å². The highest BCUT2D eigenvalue weighted by atomic mass is 19.1. The summed E-state index contributed by atoms with van der Waals surface area (Å²) in [7, 11) is 0. The summed E-state index contributed by atoms with van der Waals surface area (Å²) in [6.45, 7) is 4.23. The molecule has 2 rings (SSSR count). The Balaban J connectivity index is 2.11. The van der Waals surface area contributed by atoms with Gasteiger partial charge in [-0.15, -0.1) is 0 Å². The van der Waals surface area contributed by atoms with E-state index in [0.717, 1.165) is 50.4 Å². The Morgan fingerprint density at radius 3 is 2.62 bits per heavy atom. The second-order valence-electron chi connectivity index (χ2n) is 5.56. The van der Waals surface area contributed by atoms with E-state index in [9.17, 15) is 13.6 Å². The largest absolute Gasteiger partial charge is 0.337 e. The van der Waals surface area contributed by atoms with Crippen molar-refractivity contribution in [3.8, 4) is 0 Å². The molecule has 21 heavy (non-hydrogen) atoms. The van der Waals surface area contributed by atoms with Crippen LogP contribution < -0.4 is 5.32 Å². The van der Waals surface area contributed by atoms with E-state index in [4.69, 9.17) is 0 Å². The maximum absolute atomic E-state index is 13.3. The molecule has 0 radical (unpaired) electrons. The Morgan fingerprint density at radius 2 is 2.05 bits per heavy atom. The second kappa shape index (κ2) is 7.50. The lowest BCUT2D eigenvalue weighted by molar-refractivity contribution is 0.0738. The minimum atomic E-state index is -0.715. The Kier molecular flexibility index (Phi) is 5.67. The molecule has 1 aliphatic rings. The average molecular weight is 296 g/mol. The fraction of sp³-hybridized carbons (Fsp3) is 0.562. The number of rotatable bonds is 6. The summed E-state index contributed by atoms with van der Waals surface area (Å²) in [5.41, 5.74) is 0.0848. The van der Waals surface area contributed by atoms with Gasteiger partial charge < -0.3 is 10.2 Å².